The molecule has 1 aromatic heterocycles. The number of hydrogen-bond donors (Lipinski definition) is 3. The highest BCUT2D eigenvalue weighted by atomic mass is 35.5. The summed E-state index contributed by atoms with van der Waals surface area (Å²) < 4.78 is 0. The van der Waals surface area contributed by atoms with Crippen LogP contribution in [0.5, 0.6) is 5.75 Å². The smallest absolute Gasteiger partial charge is 0.238 e. The van der Waals surface area contributed by atoms with Gasteiger partial charge in [0.1, 0.15) is 22.5 Å². The Balaban J connectivity index is 2.21. The van der Waals surface area contributed by atoms with Crippen molar-refractivity contribution in [3.63, 3.8) is 0 Å². The summed E-state index contributed by atoms with van der Waals surface area (Å²) in [5, 5.41) is 20.4. The summed E-state index contributed by atoms with van der Waals surface area (Å²) in [6, 6.07) is 8.73. The van der Waals surface area contributed by atoms with Crippen LogP contribution in [0.25, 0.3) is 16.7 Å². The molecule has 1 amide bonds. The molecule has 1 heterocycles. The maximum absolute atomic E-state index is 11.8. The predicted molar refractivity (Wildman–Crippen MR) is 105 cm³/mol. The van der Waals surface area contributed by atoms with Gasteiger partial charge in [0.2, 0.25) is 5.91 Å². The highest BCUT2D eigenvalue weighted by molar-refractivity contribution is 6.31. The van der Waals surface area contributed by atoms with Crippen LogP contribution in [-0.4, -0.2) is 26.0 Å². The lowest BCUT2D eigenvalue weighted by Gasteiger charge is -2.26. The van der Waals surface area contributed by atoms with Crippen molar-refractivity contribution >= 4 is 28.5 Å². The van der Waals surface area contributed by atoms with Gasteiger partial charge in [-0.2, -0.15) is 0 Å². The molecule has 7 nitrogen and oxygen atoms in total. The van der Waals surface area contributed by atoms with E-state index in [-0.39, 0.29) is 23.5 Å². The molecule has 0 aliphatic carbocycles. The molecule has 0 unspecified atom stereocenters. The Hall–Kier alpha value is -2.64. The highest BCUT2D eigenvalue weighted by Gasteiger charge is 2.26. The fourth-order valence-electron chi connectivity index (χ4n) is 2.87. The van der Waals surface area contributed by atoms with Crippen LogP contribution < -0.4 is 11.3 Å². The number of benzene rings is 2. The third-order valence-corrected chi connectivity index (χ3v) is 5.08. The number of aromatic hydroxyl groups is 1. The number of nitrogens with two attached hydrogens (primary N) is 1. The van der Waals surface area contributed by atoms with Gasteiger partial charge in [0, 0.05) is 10.6 Å². The standard InChI is InChI=1S/C19H22ClN5O2/c1-4-19(2,3)13-7-11(9-17(26)22-21)8-16(18(13)27)25-23-14-6-5-12(20)10-15(14)24-25/h5-8,10,27H,4,9,21H2,1-3H3,(H,22,26). The minimum absolute atomic E-state index is 0.0865. The van der Waals surface area contributed by atoms with Gasteiger partial charge in [0.15, 0.2) is 0 Å². The van der Waals surface area contributed by atoms with E-state index in [0.29, 0.717) is 27.3 Å². The largest absolute Gasteiger partial charge is 0.505 e. The molecule has 27 heavy (non-hydrogen) atoms. The number of phenolic OH excluding ortho intramolecular Hbond substituents is 1. The second kappa shape index (κ2) is 7.17. The monoisotopic (exact) mass is 387 g/mol. The molecule has 4 N–H and O–H groups in total. The first-order chi connectivity index (χ1) is 12.7. The van der Waals surface area contributed by atoms with Crippen LogP contribution >= 0.6 is 11.6 Å². The number of carbonyl (C=O) groups is 1. The number of fused-ring (bicyclic) bond motifs is 1. The Morgan fingerprint density at radius 2 is 1.96 bits per heavy atom. The van der Waals surface area contributed by atoms with Gasteiger partial charge >= 0.3 is 0 Å². The lowest BCUT2D eigenvalue weighted by Crippen LogP contribution is -2.31. The first kappa shape index (κ1) is 19.1. The first-order valence-corrected chi connectivity index (χ1v) is 9.01. The van der Waals surface area contributed by atoms with E-state index in [9.17, 15) is 9.90 Å². The zero-order chi connectivity index (χ0) is 19.8. The van der Waals surface area contributed by atoms with Crippen molar-refractivity contribution < 1.29 is 9.90 Å². The second-order valence-electron chi connectivity index (χ2n) is 7.12. The Kier molecular flexibility index (Phi) is 5.08. The van der Waals surface area contributed by atoms with Gasteiger partial charge in [-0.25, -0.2) is 5.84 Å². The fourth-order valence-corrected chi connectivity index (χ4v) is 3.04. The number of rotatable bonds is 5. The van der Waals surface area contributed by atoms with Crippen LogP contribution in [0.2, 0.25) is 5.02 Å². The van der Waals surface area contributed by atoms with Crippen LogP contribution in [0, 0.1) is 0 Å². The predicted octanol–water partition coefficient (Wildman–Crippen LogP) is 3.00. The van der Waals surface area contributed by atoms with Crippen LogP contribution in [0.1, 0.15) is 38.3 Å². The average Bonchev–Trinajstić information content (AvgIpc) is 3.05. The van der Waals surface area contributed by atoms with Gasteiger partial charge in [-0.1, -0.05) is 38.4 Å². The van der Waals surface area contributed by atoms with Gasteiger partial charge < -0.3 is 5.11 Å². The van der Waals surface area contributed by atoms with E-state index in [4.69, 9.17) is 17.4 Å². The maximum Gasteiger partial charge on any atom is 0.238 e. The summed E-state index contributed by atoms with van der Waals surface area (Å²) in [7, 11) is 0. The van der Waals surface area contributed by atoms with E-state index < -0.39 is 0 Å². The second-order valence-corrected chi connectivity index (χ2v) is 7.55. The number of amides is 1. The number of carbonyl (C=O) groups excluding carboxylic acids is 1. The van der Waals surface area contributed by atoms with E-state index >= 15 is 0 Å². The summed E-state index contributed by atoms with van der Waals surface area (Å²) in [4.78, 5) is 13.1. The zero-order valence-electron chi connectivity index (χ0n) is 15.5. The van der Waals surface area contributed by atoms with Gasteiger partial charge in [-0.05, 0) is 41.7 Å². The molecule has 3 rings (SSSR count). The van der Waals surface area contributed by atoms with Crippen molar-refractivity contribution in [1.29, 1.82) is 0 Å². The van der Waals surface area contributed by atoms with Crippen molar-refractivity contribution in [3.8, 4) is 11.4 Å². The van der Waals surface area contributed by atoms with Crippen LogP contribution in [-0.2, 0) is 16.6 Å². The third-order valence-electron chi connectivity index (χ3n) is 4.85. The van der Waals surface area contributed by atoms with Gasteiger partial charge in [-0.3, -0.25) is 10.2 Å². The molecule has 0 aliphatic rings. The molecule has 0 saturated heterocycles. The molecule has 0 saturated carbocycles. The third kappa shape index (κ3) is 3.74. The molecule has 2 aromatic carbocycles. The van der Waals surface area contributed by atoms with Crippen molar-refractivity contribution in [2.75, 3.05) is 0 Å². The van der Waals surface area contributed by atoms with E-state index in [1.54, 1.807) is 24.3 Å². The molecule has 0 fully saturated rings. The summed E-state index contributed by atoms with van der Waals surface area (Å²) in [5.41, 5.74) is 4.94. The molecule has 142 valence electrons. The quantitative estimate of drug-likeness (QED) is 0.354. The number of hydrazine groups is 1. The Morgan fingerprint density at radius 1 is 1.26 bits per heavy atom. The molecule has 0 radical (unpaired) electrons. The Labute approximate surface area is 162 Å². The number of hydrogen-bond acceptors (Lipinski definition) is 5. The van der Waals surface area contributed by atoms with E-state index in [0.717, 1.165) is 12.0 Å². The van der Waals surface area contributed by atoms with E-state index in [2.05, 4.69) is 15.6 Å². The van der Waals surface area contributed by atoms with Gasteiger partial charge in [0.05, 0.1) is 6.42 Å². The summed E-state index contributed by atoms with van der Waals surface area (Å²) >= 11 is 6.02. The minimum Gasteiger partial charge on any atom is -0.505 e. The molecule has 3 aromatic rings. The summed E-state index contributed by atoms with van der Waals surface area (Å²) in [6.45, 7) is 6.11. The van der Waals surface area contributed by atoms with E-state index in [1.807, 2.05) is 26.8 Å². The first-order valence-electron chi connectivity index (χ1n) is 8.64. The molecule has 8 heteroatoms. The lowest BCUT2D eigenvalue weighted by molar-refractivity contribution is -0.120. The zero-order valence-corrected chi connectivity index (χ0v) is 16.2. The Bertz CT molecular complexity index is 1010. The average molecular weight is 388 g/mol. The summed E-state index contributed by atoms with van der Waals surface area (Å²) in [6.07, 6.45) is 0.889. The maximum atomic E-state index is 11.8. The lowest BCUT2D eigenvalue weighted by atomic mass is 9.80. The van der Waals surface area contributed by atoms with E-state index in [1.165, 1.54) is 4.80 Å². The Morgan fingerprint density at radius 3 is 2.63 bits per heavy atom. The molecular weight excluding hydrogens is 366 g/mol. The number of phenols is 1. The number of aromatic nitrogens is 3. The summed E-state index contributed by atoms with van der Waals surface area (Å²) in [5.74, 6) is 4.99. The molecule has 0 spiro atoms. The van der Waals surface area contributed by atoms with Crippen molar-refractivity contribution in [3.05, 3.63) is 46.5 Å². The van der Waals surface area contributed by atoms with Gasteiger partial charge in [-0.15, -0.1) is 15.0 Å². The van der Waals surface area contributed by atoms with Crippen molar-refractivity contribution in [2.45, 2.75) is 39.0 Å². The normalized spacial score (nSPS) is 11.7. The molecule has 0 aliphatic heterocycles. The fraction of sp³-hybridized carbons (Fsp3) is 0.316. The topological polar surface area (TPSA) is 106 Å². The van der Waals surface area contributed by atoms with Crippen molar-refractivity contribution in [2.24, 2.45) is 5.84 Å². The van der Waals surface area contributed by atoms with Crippen LogP contribution in [0.15, 0.2) is 30.3 Å². The minimum atomic E-state index is -0.322. The number of halogens is 1. The van der Waals surface area contributed by atoms with Crippen LogP contribution in [0.3, 0.4) is 0 Å². The van der Waals surface area contributed by atoms with Crippen molar-refractivity contribution in [1.82, 2.24) is 20.4 Å². The molecule has 0 atom stereocenters. The molecular formula is C19H22ClN5O2. The van der Waals surface area contributed by atoms with Crippen LogP contribution in [0.4, 0.5) is 0 Å². The highest BCUT2D eigenvalue weighted by Crippen LogP contribution is 2.38. The number of nitrogens with one attached hydrogen (secondary N) is 1. The molecule has 0 bridgehead atoms. The van der Waals surface area contributed by atoms with Gasteiger partial charge in [0.25, 0.3) is 0 Å². The number of nitrogens with zero attached hydrogens (tertiary/aromatic N) is 3. The SMILES string of the molecule is CCC(C)(C)c1cc(CC(=O)NN)cc(-n2nc3ccc(Cl)cc3n2)c1O.